The first-order chi connectivity index (χ1) is 9.68. The normalized spacial score (nSPS) is 11.2. The number of ether oxygens (including phenoxy) is 1. The first kappa shape index (κ1) is 14.7. The fourth-order valence-electron chi connectivity index (χ4n) is 2.03. The van der Waals surface area contributed by atoms with Gasteiger partial charge in [0.1, 0.15) is 0 Å². The number of fused-ring (bicyclic) bond motifs is 1. The van der Waals surface area contributed by atoms with Crippen molar-refractivity contribution in [3.8, 4) is 0 Å². The van der Waals surface area contributed by atoms with Crippen LogP contribution < -0.4 is 5.32 Å². The van der Waals surface area contributed by atoms with Gasteiger partial charge in [-0.25, -0.2) is 0 Å². The van der Waals surface area contributed by atoms with Crippen LogP contribution in [0.5, 0.6) is 0 Å². The van der Waals surface area contributed by atoms with Gasteiger partial charge in [0, 0.05) is 23.9 Å². The highest BCUT2D eigenvalue weighted by atomic mass is 16.5. The van der Waals surface area contributed by atoms with Crippen molar-refractivity contribution < 1.29 is 4.74 Å². The molecular formula is C16H23N3O. The Hall–Kier alpha value is -1.68. The molecule has 1 heterocycles. The molecule has 0 radical (unpaired) electrons. The Morgan fingerprint density at radius 3 is 2.60 bits per heavy atom. The van der Waals surface area contributed by atoms with Crippen LogP contribution in [0, 0.1) is 12.8 Å². The number of benzene rings is 1. The molecule has 4 heteroatoms. The highest BCUT2D eigenvalue weighted by Crippen LogP contribution is 2.21. The molecule has 0 aliphatic rings. The van der Waals surface area contributed by atoms with Gasteiger partial charge in [-0.2, -0.15) is 5.10 Å². The van der Waals surface area contributed by atoms with Gasteiger partial charge in [-0.15, -0.1) is 5.10 Å². The molecule has 0 aliphatic carbocycles. The summed E-state index contributed by atoms with van der Waals surface area (Å²) >= 11 is 0. The van der Waals surface area contributed by atoms with E-state index in [0.717, 1.165) is 41.9 Å². The van der Waals surface area contributed by atoms with Crippen molar-refractivity contribution in [3.63, 3.8) is 0 Å². The smallest absolute Gasteiger partial charge is 0.156 e. The Morgan fingerprint density at radius 2 is 1.85 bits per heavy atom. The summed E-state index contributed by atoms with van der Waals surface area (Å²) < 4.78 is 5.59. The van der Waals surface area contributed by atoms with Gasteiger partial charge in [0.05, 0.1) is 12.3 Å². The topological polar surface area (TPSA) is 47.0 Å². The molecule has 0 atom stereocenters. The van der Waals surface area contributed by atoms with Gasteiger partial charge in [0.2, 0.25) is 0 Å². The predicted molar refractivity (Wildman–Crippen MR) is 83.0 cm³/mol. The van der Waals surface area contributed by atoms with Crippen molar-refractivity contribution in [2.24, 2.45) is 5.92 Å². The fraction of sp³-hybridized carbons (Fsp3) is 0.500. The van der Waals surface area contributed by atoms with E-state index >= 15 is 0 Å². The summed E-state index contributed by atoms with van der Waals surface area (Å²) in [6.45, 7) is 8.65. The number of nitrogens with one attached hydrogen (secondary N) is 1. The van der Waals surface area contributed by atoms with Crippen LogP contribution in [-0.4, -0.2) is 30.0 Å². The van der Waals surface area contributed by atoms with E-state index in [1.165, 1.54) is 0 Å². The second-order valence-electron chi connectivity index (χ2n) is 5.40. The third kappa shape index (κ3) is 3.90. The molecule has 108 valence electrons. The number of hydrogen-bond donors (Lipinski definition) is 1. The van der Waals surface area contributed by atoms with Crippen molar-refractivity contribution >= 4 is 16.6 Å². The Kier molecular flexibility index (Phi) is 5.30. The second kappa shape index (κ2) is 7.20. The molecule has 0 bridgehead atoms. The first-order valence-corrected chi connectivity index (χ1v) is 7.22. The Morgan fingerprint density at radius 1 is 1.10 bits per heavy atom. The molecule has 0 unspecified atom stereocenters. The minimum absolute atomic E-state index is 0.690. The molecule has 4 nitrogen and oxygen atoms in total. The van der Waals surface area contributed by atoms with Gasteiger partial charge in [-0.1, -0.05) is 38.1 Å². The quantitative estimate of drug-likeness (QED) is 0.785. The van der Waals surface area contributed by atoms with Crippen molar-refractivity contribution in [1.29, 1.82) is 0 Å². The molecule has 0 saturated carbocycles. The van der Waals surface area contributed by atoms with Crippen LogP contribution in [0.25, 0.3) is 10.8 Å². The molecule has 1 aromatic heterocycles. The van der Waals surface area contributed by atoms with Crippen LogP contribution in [-0.2, 0) is 4.74 Å². The lowest BCUT2D eigenvalue weighted by Gasteiger charge is -2.10. The maximum absolute atomic E-state index is 5.59. The SMILES string of the molecule is Cc1nnc(NCCOCCC(C)C)c2ccccc12. The average Bonchev–Trinajstić information content (AvgIpc) is 2.45. The zero-order valence-corrected chi connectivity index (χ0v) is 12.5. The van der Waals surface area contributed by atoms with Gasteiger partial charge in [0.15, 0.2) is 5.82 Å². The van der Waals surface area contributed by atoms with Crippen LogP contribution in [0.3, 0.4) is 0 Å². The summed E-state index contributed by atoms with van der Waals surface area (Å²) in [4.78, 5) is 0. The highest BCUT2D eigenvalue weighted by molar-refractivity contribution is 5.92. The van der Waals surface area contributed by atoms with E-state index in [-0.39, 0.29) is 0 Å². The largest absolute Gasteiger partial charge is 0.380 e. The van der Waals surface area contributed by atoms with E-state index in [9.17, 15) is 0 Å². The van der Waals surface area contributed by atoms with E-state index in [1.54, 1.807) is 0 Å². The average molecular weight is 273 g/mol. The van der Waals surface area contributed by atoms with E-state index in [2.05, 4.69) is 41.5 Å². The molecule has 0 saturated heterocycles. The molecule has 0 fully saturated rings. The van der Waals surface area contributed by atoms with E-state index < -0.39 is 0 Å². The third-order valence-electron chi connectivity index (χ3n) is 3.25. The summed E-state index contributed by atoms with van der Waals surface area (Å²) in [7, 11) is 0. The predicted octanol–water partition coefficient (Wildman–Crippen LogP) is 3.41. The molecule has 0 aliphatic heterocycles. The molecule has 2 aromatic rings. The summed E-state index contributed by atoms with van der Waals surface area (Å²) in [5, 5.41) is 14.0. The minimum atomic E-state index is 0.690. The number of aromatic nitrogens is 2. The van der Waals surface area contributed by atoms with Gasteiger partial charge in [-0.05, 0) is 19.3 Å². The fourth-order valence-corrected chi connectivity index (χ4v) is 2.03. The van der Waals surface area contributed by atoms with E-state index in [4.69, 9.17) is 4.74 Å². The second-order valence-corrected chi connectivity index (χ2v) is 5.40. The van der Waals surface area contributed by atoms with Crippen LogP contribution in [0.1, 0.15) is 26.0 Å². The summed E-state index contributed by atoms with van der Waals surface area (Å²) in [6, 6.07) is 8.19. The molecular weight excluding hydrogens is 250 g/mol. The summed E-state index contributed by atoms with van der Waals surface area (Å²) in [5.74, 6) is 1.52. The van der Waals surface area contributed by atoms with Crippen LogP contribution in [0.2, 0.25) is 0 Å². The Bertz CT molecular complexity index is 554. The van der Waals surface area contributed by atoms with Gasteiger partial charge in [0.25, 0.3) is 0 Å². The molecule has 2 rings (SSSR count). The maximum atomic E-state index is 5.59. The van der Waals surface area contributed by atoms with Crippen molar-refractivity contribution in [2.45, 2.75) is 27.2 Å². The Labute approximate surface area is 120 Å². The minimum Gasteiger partial charge on any atom is -0.380 e. The number of rotatable bonds is 7. The van der Waals surface area contributed by atoms with Crippen LogP contribution in [0.15, 0.2) is 24.3 Å². The number of anilines is 1. The molecule has 1 aromatic carbocycles. The van der Waals surface area contributed by atoms with E-state index in [0.29, 0.717) is 12.5 Å². The number of hydrogen-bond acceptors (Lipinski definition) is 4. The van der Waals surface area contributed by atoms with Crippen molar-refractivity contribution in [3.05, 3.63) is 30.0 Å². The van der Waals surface area contributed by atoms with Gasteiger partial charge in [-0.3, -0.25) is 0 Å². The lowest BCUT2D eigenvalue weighted by molar-refractivity contribution is 0.132. The number of aryl methyl sites for hydroxylation is 1. The van der Waals surface area contributed by atoms with Gasteiger partial charge < -0.3 is 10.1 Å². The zero-order chi connectivity index (χ0) is 14.4. The number of nitrogens with zero attached hydrogens (tertiary/aromatic N) is 2. The van der Waals surface area contributed by atoms with Crippen LogP contribution >= 0.6 is 0 Å². The zero-order valence-electron chi connectivity index (χ0n) is 12.5. The standard InChI is InChI=1S/C16H23N3O/c1-12(2)8-10-20-11-9-17-16-15-7-5-4-6-14(15)13(3)18-19-16/h4-7,12H,8-11H2,1-3H3,(H,17,19). The summed E-state index contributed by atoms with van der Waals surface area (Å²) in [5.41, 5.74) is 0.958. The molecule has 20 heavy (non-hydrogen) atoms. The molecule has 1 N–H and O–H groups in total. The van der Waals surface area contributed by atoms with Crippen molar-refractivity contribution in [2.75, 3.05) is 25.1 Å². The molecule has 0 spiro atoms. The lowest BCUT2D eigenvalue weighted by atomic mass is 10.1. The van der Waals surface area contributed by atoms with E-state index in [1.807, 2.05) is 19.1 Å². The van der Waals surface area contributed by atoms with Gasteiger partial charge >= 0.3 is 0 Å². The first-order valence-electron chi connectivity index (χ1n) is 7.22. The maximum Gasteiger partial charge on any atom is 0.156 e. The van der Waals surface area contributed by atoms with Crippen molar-refractivity contribution in [1.82, 2.24) is 10.2 Å². The molecule has 0 amide bonds. The monoisotopic (exact) mass is 273 g/mol. The summed E-state index contributed by atoms with van der Waals surface area (Å²) in [6.07, 6.45) is 1.10. The highest BCUT2D eigenvalue weighted by Gasteiger charge is 2.05. The third-order valence-corrected chi connectivity index (χ3v) is 3.25. The van der Waals surface area contributed by atoms with Crippen LogP contribution in [0.4, 0.5) is 5.82 Å². The Balaban J connectivity index is 1.89. The lowest BCUT2D eigenvalue weighted by Crippen LogP contribution is -2.12.